The molecule has 2 aromatic carbocycles. The second-order valence-electron chi connectivity index (χ2n) is 6.08. The van der Waals surface area contributed by atoms with E-state index in [1.54, 1.807) is 0 Å². The molecule has 0 radical (unpaired) electrons. The zero-order valence-electron chi connectivity index (χ0n) is 13.9. The Hall–Kier alpha value is -3.12. The first-order valence-electron chi connectivity index (χ1n) is 7.90. The topological polar surface area (TPSA) is 21.4 Å². The molecule has 3 heteroatoms. The van der Waals surface area contributed by atoms with E-state index in [-0.39, 0.29) is 0 Å². The summed E-state index contributed by atoms with van der Waals surface area (Å²) in [5, 5.41) is 2.12. The molecule has 0 bridgehead atoms. The third-order valence-corrected chi connectivity index (χ3v) is 4.78. The molecule has 0 atom stereocenters. The van der Waals surface area contributed by atoms with Crippen LogP contribution in [0.4, 0.5) is 5.69 Å². The van der Waals surface area contributed by atoms with Crippen molar-refractivity contribution in [1.82, 2.24) is 0 Å². The SMILES string of the molecule is [C-]#[N+]c1c(-c2cccc[n+]2C)c(C)c(C)c2c1oc1ccccc12. The molecule has 0 aliphatic carbocycles. The maximum absolute atomic E-state index is 7.78. The van der Waals surface area contributed by atoms with Crippen LogP contribution in [0.5, 0.6) is 0 Å². The van der Waals surface area contributed by atoms with Gasteiger partial charge in [0, 0.05) is 22.9 Å². The van der Waals surface area contributed by atoms with E-state index in [0.29, 0.717) is 11.3 Å². The first kappa shape index (κ1) is 14.5. The smallest absolute Gasteiger partial charge is 0.243 e. The molecule has 0 saturated heterocycles. The minimum atomic E-state index is 0.589. The van der Waals surface area contributed by atoms with Crippen LogP contribution in [0.3, 0.4) is 0 Å². The number of furan rings is 1. The average Bonchev–Trinajstić information content (AvgIpc) is 2.98. The molecule has 0 aliphatic rings. The van der Waals surface area contributed by atoms with Gasteiger partial charge in [0.2, 0.25) is 11.4 Å². The Labute approximate surface area is 140 Å². The molecular weight excluding hydrogens is 296 g/mol. The van der Waals surface area contributed by atoms with Crippen molar-refractivity contribution in [3.63, 3.8) is 0 Å². The summed E-state index contributed by atoms with van der Waals surface area (Å²) >= 11 is 0. The molecule has 116 valence electrons. The van der Waals surface area contributed by atoms with Crippen LogP contribution in [0.15, 0.2) is 53.1 Å². The van der Waals surface area contributed by atoms with E-state index in [9.17, 15) is 0 Å². The van der Waals surface area contributed by atoms with Crippen LogP contribution < -0.4 is 4.57 Å². The van der Waals surface area contributed by atoms with Crippen molar-refractivity contribution in [1.29, 1.82) is 0 Å². The molecule has 0 fully saturated rings. The fraction of sp³-hybridized carbons (Fsp3) is 0.143. The Bertz CT molecular complexity index is 1150. The minimum Gasteiger partial charge on any atom is -0.467 e. The first-order chi connectivity index (χ1) is 11.6. The Morgan fingerprint density at radius 2 is 1.75 bits per heavy atom. The van der Waals surface area contributed by atoms with Gasteiger partial charge in [-0.1, -0.05) is 18.2 Å². The van der Waals surface area contributed by atoms with Gasteiger partial charge in [-0.15, -0.1) is 0 Å². The van der Waals surface area contributed by atoms with Crippen LogP contribution in [0.1, 0.15) is 11.1 Å². The Balaban J connectivity index is 2.25. The lowest BCUT2D eigenvalue weighted by Gasteiger charge is -2.11. The molecule has 2 heterocycles. The summed E-state index contributed by atoms with van der Waals surface area (Å²) in [5.74, 6) is 0. The molecule has 4 aromatic rings. The van der Waals surface area contributed by atoms with Gasteiger partial charge in [0.05, 0.1) is 12.1 Å². The predicted molar refractivity (Wildman–Crippen MR) is 96.1 cm³/mol. The van der Waals surface area contributed by atoms with Crippen LogP contribution in [-0.4, -0.2) is 0 Å². The lowest BCUT2D eigenvalue weighted by Crippen LogP contribution is -2.30. The van der Waals surface area contributed by atoms with E-state index < -0.39 is 0 Å². The molecular formula is C21H17N2O+. The zero-order chi connectivity index (χ0) is 16.8. The molecule has 3 nitrogen and oxygen atoms in total. The lowest BCUT2D eigenvalue weighted by atomic mass is 9.94. The van der Waals surface area contributed by atoms with Crippen molar-refractivity contribution in [3.8, 4) is 11.3 Å². The maximum Gasteiger partial charge on any atom is 0.243 e. The van der Waals surface area contributed by atoms with Crippen molar-refractivity contribution in [2.24, 2.45) is 7.05 Å². The number of pyridine rings is 1. The fourth-order valence-electron chi connectivity index (χ4n) is 3.45. The summed E-state index contributed by atoms with van der Waals surface area (Å²) in [5.41, 5.74) is 6.38. The molecule has 0 unspecified atom stereocenters. The van der Waals surface area contributed by atoms with Crippen molar-refractivity contribution in [2.75, 3.05) is 0 Å². The lowest BCUT2D eigenvalue weighted by molar-refractivity contribution is -0.660. The standard InChI is InChI=1S/C21H17N2O/c1-13-14(2)19(16-10-7-8-12-23(16)4)20(22-3)21-18(13)15-9-5-6-11-17(15)24-21/h5-12H,1-2,4H3/q+1. The zero-order valence-corrected chi connectivity index (χ0v) is 13.9. The number of hydrogen-bond donors (Lipinski definition) is 0. The van der Waals surface area contributed by atoms with Gasteiger partial charge in [0.25, 0.3) is 0 Å². The van der Waals surface area contributed by atoms with Crippen LogP contribution in [0.25, 0.3) is 38.0 Å². The number of fused-ring (bicyclic) bond motifs is 3. The summed E-state index contributed by atoms with van der Waals surface area (Å²) in [7, 11) is 2.00. The highest BCUT2D eigenvalue weighted by atomic mass is 16.3. The molecule has 0 saturated carbocycles. The van der Waals surface area contributed by atoms with Crippen molar-refractivity contribution < 1.29 is 8.98 Å². The van der Waals surface area contributed by atoms with E-state index in [0.717, 1.165) is 33.2 Å². The van der Waals surface area contributed by atoms with Gasteiger partial charge in [-0.2, -0.15) is 0 Å². The third kappa shape index (κ3) is 1.87. The Kier molecular flexibility index (Phi) is 3.14. The van der Waals surface area contributed by atoms with Crippen molar-refractivity contribution >= 4 is 27.6 Å². The van der Waals surface area contributed by atoms with E-state index in [4.69, 9.17) is 11.0 Å². The van der Waals surface area contributed by atoms with Gasteiger partial charge in [0.1, 0.15) is 18.2 Å². The van der Waals surface area contributed by atoms with E-state index >= 15 is 0 Å². The highest BCUT2D eigenvalue weighted by molar-refractivity contribution is 6.14. The number of nitrogens with zero attached hydrogens (tertiary/aromatic N) is 2. The summed E-state index contributed by atoms with van der Waals surface area (Å²) in [4.78, 5) is 3.86. The first-order valence-corrected chi connectivity index (χ1v) is 7.90. The Morgan fingerprint density at radius 1 is 1.00 bits per heavy atom. The number of hydrogen-bond acceptors (Lipinski definition) is 1. The quantitative estimate of drug-likeness (QED) is 0.347. The summed E-state index contributed by atoms with van der Waals surface area (Å²) in [6.45, 7) is 12.0. The molecule has 2 aromatic heterocycles. The van der Waals surface area contributed by atoms with Gasteiger partial charge in [-0.3, -0.25) is 0 Å². The molecule has 0 amide bonds. The van der Waals surface area contributed by atoms with Crippen LogP contribution in [-0.2, 0) is 7.05 Å². The number of aromatic nitrogens is 1. The molecule has 24 heavy (non-hydrogen) atoms. The summed E-state index contributed by atoms with van der Waals surface area (Å²) in [6, 6.07) is 14.0. The molecule has 4 rings (SSSR count). The van der Waals surface area contributed by atoms with Crippen molar-refractivity contribution in [2.45, 2.75) is 13.8 Å². The van der Waals surface area contributed by atoms with E-state index in [2.05, 4.69) is 24.8 Å². The minimum absolute atomic E-state index is 0.589. The van der Waals surface area contributed by atoms with Crippen molar-refractivity contribution in [3.05, 3.63) is 71.2 Å². The van der Waals surface area contributed by atoms with E-state index in [1.807, 2.05) is 54.2 Å². The third-order valence-electron chi connectivity index (χ3n) is 4.78. The number of rotatable bonds is 1. The van der Waals surface area contributed by atoms with Gasteiger partial charge in [-0.05, 0) is 37.1 Å². The van der Waals surface area contributed by atoms with Crippen LogP contribution in [0, 0.1) is 20.4 Å². The second kappa shape index (κ2) is 5.21. The Morgan fingerprint density at radius 3 is 2.50 bits per heavy atom. The summed E-state index contributed by atoms with van der Waals surface area (Å²) < 4.78 is 8.14. The highest BCUT2D eigenvalue weighted by Gasteiger charge is 2.25. The molecule has 0 spiro atoms. The monoisotopic (exact) mass is 313 g/mol. The molecule has 0 N–H and O–H groups in total. The maximum atomic E-state index is 7.78. The van der Waals surface area contributed by atoms with E-state index in [1.165, 1.54) is 5.56 Å². The predicted octanol–water partition coefficient (Wildman–Crippen LogP) is 5.25. The van der Waals surface area contributed by atoms with Gasteiger partial charge >= 0.3 is 0 Å². The summed E-state index contributed by atoms with van der Waals surface area (Å²) in [6.07, 6.45) is 2.00. The number of para-hydroxylation sites is 1. The largest absolute Gasteiger partial charge is 0.467 e. The van der Waals surface area contributed by atoms with Crippen LogP contribution >= 0.6 is 0 Å². The van der Waals surface area contributed by atoms with Gasteiger partial charge < -0.3 is 4.42 Å². The fourth-order valence-corrected chi connectivity index (χ4v) is 3.45. The number of aryl methyl sites for hydroxylation is 2. The van der Waals surface area contributed by atoms with Crippen LogP contribution in [0.2, 0.25) is 0 Å². The molecule has 0 aliphatic heterocycles. The normalized spacial score (nSPS) is 11.1. The van der Waals surface area contributed by atoms with Gasteiger partial charge in [-0.25, -0.2) is 9.41 Å². The average molecular weight is 313 g/mol. The number of benzene rings is 2. The highest BCUT2D eigenvalue weighted by Crippen LogP contribution is 2.44. The second-order valence-corrected chi connectivity index (χ2v) is 6.08. The van der Waals surface area contributed by atoms with Gasteiger partial charge in [0.15, 0.2) is 6.20 Å².